The molecule has 1 unspecified atom stereocenters. The Balaban J connectivity index is 1.30. The first-order chi connectivity index (χ1) is 22.3. The van der Waals surface area contributed by atoms with E-state index in [1.807, 2.05) is 0 Å². The number of alkyl halides is 2. The number of rotatable bonds is 12. The zero-order chi connectivity index (χ0) is 35.4. The first-order valence-corrected chi connectivity index (χ1v) is 16.0. The molecule has 48 heavy (non-hydrogen) atoms. The molecule has 5 rings (SSSR count). The Hall–Kier alpha value is -3.34. The molecule has 0 radical (unpaired) electrons. The van der Waals surface area contributed by atoms with Gasteiger partial charge in [-0.15, -0.1) is 10.1 Å². The molecule has 0 amide bonds. The third-order valence-corrected chi connectivity index (χ3v) is 11.1. The van der Waals surface area contributed by atoms with Gasteiger partial charge in [0, 0.05) is 16.7 Å². The number of Topliss-reactive ketones (excluding diaryl/α,β-unsaturated/α-hetero) is 1. The predicted molar refractivity (Wildman–Crippen MR) is 158 cm³/mol. The van der Waals surface area contributed by atoms with E-state index in [9.17, 15) is 34.4 Å². The average Bonchev–Trinajstić information content (AvgIpc) is 3.41. The molecule has 0 aromatic carbocycles. The summed E-state index contributed by atoms with van der Waals surface area (Å²) < 4.78 is 56.1. The van der Waals surface area contributed by atoms with Gasteiger partial charge in [-0.25, -0.2) is 8.78 Å². The van der Waals surface area contributed by atoms with Crippen molar-refractivity contribution in [2.75, 3.05) is 19.8 Å². The van der Waals surface area contributed by atoms with E-state index in [-0.39, 0.29) is 50.9 Å². The van der Waals surface area contributed by atoms with Crippen LogP contribution in [-0.2, 0) is 43.0 Å². The van der Waals surface area contributed by atoms with E-state index in [4.69, 9.17) is 24.7 Å². The molecule has 1 heterocycles. The second-order valence-corrected chi connectivity index (χ2v) is 14.3. The molecular weight excluding hydrogens is 642 g/mol. The lowest BCUT2D eigenvalue weighted by molar-refractivity contribution is -0.757. The summed E-state index contributed by atoms with van der Waals surface area (Å²) in [6.45, 7) is 5.27. The van der Waals surface area contributed by atoms with Crippen molar-refractivity contribution in [3.8, 4) is 0 Å². The maximum atomic E-state index is 17.6. The van der Waals surface area contributed by atoms with Gasteiger partial charge >= 0.3 is 11.9 Å². The molecule has 10 atom stereocenters. The molecule has 3 N–H and O–H groups in total. The number of aliphatic hydroxyl groups excluding tert-OH is 1. The molecular formula is C32H42F2N2O12. The molecule has 1 saturated heterocycles. The molecule has 0 spiro atoms. The molecule has 3 saturated carbocycles. The maximum absolute atomic E-state index is 17.6. The van der Waals surface area contributed by atoms with Crippen LogP contribution in [0.15, 0.2) is 23.8 Å². The van der Waals surface area contributed by atoms with E-state index in [0.717, 1.165) is 6.08 Å². The monoisotopic (exact) mass is 684 g/mol. The van der Waals surface area contributed by atoms with E-state index in [1.54, 1.807) is 20.8 Å². The highest BCUT2D eigenvalue weighted by Crippen LogP contribution is 2.72. The Morgan fingerprint density at radius 1 is 1.15 bits per heavy atom. The summed E-state index contributed by atoms with van der Waals surface area (Å²) in [5.41, 5.74) is -1.31. The minimum atomic E-state index is -2.37. The predicted octanol–water partition coefficient (Wildman–Crippen LogP) is 2.17. The molecule has 4 aliphatic carbocycles. The van der Waals surface area contributed by atoms with Crippen LogP contribution in [0, 0.1) is 32.8 Å². The van der Waals surface area contributed by atoms with Gasteiger partial charge in [0.05, 0.1) is 31.8 Å². The summed E-state index contributed by atoms with van der Waals surface area (Å²) in [5, 5.41) is 20.9. The van der Waals surface area contributed by atoms with Crippen molar-refractivity contribution in [1.82, 2.24) is 0 Å². The zero-order valence-electron chi connectivity index (χ0n) is 27.3. The van der Waals surface area contributed by atoms with Crippen LogP contribution in [-0.4, -0.2) is 95.0 Å². The van der Waals surface area contributed by atoms with Crippen molar-refractivity contribution in [3.63, 3.8) is 0 Å². The summed E-state index contributed by atoms with van der Waals surface area (Å²) in [7, 11) is 0. The number of unbranched alkanes of at least 4 members (excludes halogenated alkanes) is 1. The highest BCUT2D eigenvalue weighted by atomic mass is 19.1. The van der Waals surface area contributed by atoms with Crippen LogP contribution in [0.2, 0.25) is 0 Å². The van der Waals surface area contributed by atoms with Crippen molar-refractivity contribution < 1.29 is 61.9 Å². The molecule has 0 aromatic rings. The van der Waals surface area contributed by atoms with Crippen molar-refractivity contribution in [1.29, 1.82) is 0 Å². The van der Waals surface area contributed by atoms with E-state index >= 15 is 8.78 Å². The SMILES string of the molecule is CC1(C)O[C@@H]2C[C@H]3[C@@H]4C[C@H](F)C5=CC(=O)C=C[C@]5(C)[C@@]4(F)[C@@H](O)C[C@]3(C)[C@@]2(C(=O)COC(=O)CC(N)C(=O)OCCCCO[N+](=O)[O-])O1. The zero-order valence-corrected chi connectivity index (χ0v) is 27.3. The van der Waals surface area contributed by atoms with E-state index in [0.29, 0.717) is 0 Å². The van der Waals surface area contributed by atoms with Crippen molar-refractivity contribution in [2.24, 2.45) is 28.4 Å². The molecule has 16 heteroatoms. The number of halogens is 2. The Morgan fingerprint density at radius 3 is 2.52 bits per heavy atom. The lowest BCUT2D eigenvalue weighted by atomic mass is 9.44. The third kappa shape index (κ3) is 5.63. The van der Waals surface area contributed by atoms with E-state index in [1.165, 1.54) is 19.1 Å². The lowest BCUT2D eigenvalue weighted by Crippen LogP contribution is -2.71. The number of nitrogens with zero attached hydrogens (tertiary/aromatic N) is 1. The van der Waals surface area contributed by atoms with E-state index < -0.39 is 106 Å². The smallest absolute Gasteiger partial charge is 0.323 e. The second kappa shape index (κ2) is 12.5. The first kappa shape index (κ1) is 36.0. The molecule has 0 bridgehead atoms. The van der Waals surface area contributed by atoms with Crippen LogP contribution < -0.4 is 5.73 Å². The highest BCUT2D eigenvalue weighted by molar-refractivity contribution is 6.01. The van der Waals surface area contributed by atoms with Crippen molar-refractivity contribution in [2.45, 2.75) is 108 Å². The van der Waals surface area contributed by atoms with Crippen LogP contribution in [0.1, 0.15) is 66.2 Å². The second-order valence-electron chi connectivity index (χ2n) is 14.3. The van der Waals surface area contributed by atoms with Gasteiger partial charge < -0.3 is 34.6 Å². The van der Waals surface area contributed by atoms with Crippen LogP contribution in [0.5, 0.6) is 0 Å². The Morgan fingerprint density at radius 2 is 1.83 bits per heavy atom. The van der Waals surface area contributed by atoms with Crippen molar-refractivity contribution in [3.05, 3.63) is 33.9 Å². The number of hydrogen-bond donors (Lipinski definition) is 2. The number of hydrogen-bond acceptors (Lipinski definition) is 13. The Bertz CT molecular complexity index is 1440. The Labute approximate surface area is 275 Å². The number of ether oxygens (including phenoxy) is 4. The fraction of sp³-hybridized carbons (Fsp3) is 0.750. The normalized spacial score (nSPS) is 39.6. The molecule has 14 nitrogen and oxygen atoms in total. The maximum Gasteiger partial charge on any atom is 0.323 e. The van der Waals surface area contributed by atoms with Gasteiger partial charge in [0.15, 0.2) is 29.4 Å². The minimum Gasteiger partial charge on any atom is -0.465 e. The van der Waals surface area contributed by atoms with Gasteiger partial charge in [0.1, 0.15) is 12.2 Å². The number of allylic oxidation sites excluding steroid dienone is 4. The summed E-state index contributed by atoms with van der Waals surface area (Å²) in [5.74, 6) is -6.13. The quantitative estimate of drug-likeness (QED) is 0.131. The summed E-state index contributed by atoms with van der Waals surface area (Å²) >= 11 is 0. The number of fused-ring (bicyclic) bond motifs is 7. The largest absolute Gasteiger partial charge is 0.465 e. The number of ketones is 2. The number of aliphatic hydroxyl groups is 1. The van der Waals surface area contributed by atoms with Crippen LogP contribution in [0.4, 0.5) is 8.78 Å². The molecule has 0 aromatic heterocycles. The average molecular weight is 685 g/mol. The fourth-order valence-corrected chi connectivity index (χ4v) is 9.00. The van der Waals surface area contributed by atoms with Gasteiger partial charge in [-0.2, -0.15) is 0 Å². The molecule has 266 valence electrons. The molecule has 5 aliphatic rings. The van der Waals surface area contributed by atoms with Crippen LogP contribution >= 0.6 is 0 Å². The van der Waals surface area contributed by atoms with Gasteiger partial charge in [-0.1, -0.05) is 13.0 Å². The van der Waals surface area contributed by atoms with Crippen LogP contribution in [0.25, 0.3) is 0 Å². The van der Waals surface area contributed by atoms with E-state index in [2.05, 4.69) is 4.84 Å². The number of carbonyl (C=O) groups excluding carboxylic acids is 4. The third-order valence-electron chi connectivity index (χ3n) is 11.1. The van der Waals surface area contributed by atoms with Gasteiger partial charge in [-0.05, 0) is 76.5 Å². The highest BCUT2D eigenvalue weighted by Gasteiger charge is 2.80. The topological polar surface area (TPSA) is 204 Å². The fourth-order valence-electron chi connectivity index (χ4n) is 9.00. The van der Waals surface area contributed by atoms with Crippen molar-refractivity contribution >= 4 is 23.5 Å². The summed E-state index contributed by atoms with van der Waals surface area (Å²) in [6.07, 6.45) is -1.31. The number of esters is 2. The Kier molecular flexibility index (Phi) is 9.38. The molecule has 1 aliphatic heterocycles. The number of carbonyl (C=O) groups is 4. The first-order valence-electron chi connectivity index (χ1n) is 16.0. The summed E-state index contributed by atoms with van der Waals surface area (Å²) in [6, 6.07) is -1.41. The van der Waals surface area contributed by atoms with Gasteiger partial charge in [0.2, 0.25) is 5.78 Å². The van der Waals surface area contributed by atoms with Gasteiger partial charge in [0.25, 0.3) is 5.09 Å². The molecule has 4 fully saturated rings. The number of nitrogens with two attached hydrogens (primary N) is 1. The van der Waals surface area contributed by atoms with Gasteiger partial charge in [-0.3, -0.25) is 19.2 Å². The standard InChI is InChI=1S/C32H42F2N2O12/c1-28(2)47-25-13-18-19-12-21(33)20-11-17(37)7-8-29(20,3)31(19,34)23(38)15-30(18,4)32(25,48-28)24(39)16-45-26(40)14-22(35)27(41)44-9-5-6-10-46-36(42)43/h7-8,11,18-19,21-23,25,38H,5-6,9-10,12-16,35H2,1-4H3/t18-,19-,21-,22?,23-,25+,29-,30-,31-,32-/m0/s1. The lowest BCUT2D eigenvalue weighted by Gasteiger charge is -2.63. The minimum absolute atomic E-state index is 0.0229. The van der Waals surface area contributed by atoms with Crippen LogP contribution in [0.3, 0.4) is 0 Å². The summed E-state index contributed by atoms with van der Waals surface area (Å²) in [4.78, 5) is 65.5.